The number of nitrogens with one attached hydrogen (secondary N) is 1. The van der Waals surface area contributed by atoms with Gasteiger partial charge in [0.25, 0.3) is 0 Å². The van der Waals surface area contributed by atoms with Crippen molar-refractivity contribution in [1.82, 2.24) is 15.1 Å². The number of urea groups is 1. The molecule has 226 valence electrons. The second-order valence-electron chi connectivity index (χ2n) is 11.1. The lowest BCUT2D eigenvalue weighted by Crippen LogP contribution is -2.55. The molecule has 0 radical (unpaired) electrons. The van der Waals surface area contributed by atoms with Crippen LogP contribution < -0.4 is 5.32 Å². The topological polar surface area (TPSA) is 79.0 Å². The molecule has 1 aromatic heterocycles. The minimum atomic E-state index is -0.943. The van der Waals surface area contributed by atoms with Gasteiger partial charge in [0.15, 0.2) is 5.78 Å². The van der Waals surface area contributed by atoms with Crippen LogP contribution in [0.2, 0.25) is 5.02 Å². The molecule has 2 fully saturated rings. The Morgan fingerprint density at radius 1 is 0.841 bits per heavy atom. The predicted molar refractivity (Wildman–Crippen MR) is 172 cm³/mol. The molecule has 4 unspecified atom stereocenters. The molecule has 0 aliphatic carbocycles. The van der Waals surface area contributed by atoms with Crippen molar-refractivity contribution in [2.75, 3.05) is 32.8 Å². The zero-order valence-corrected chi connectivity index (χ0v) is 25.8. The highest BCUT2D eigenvalue weighted by Crippen LogP contribution is 2.52. The summed E-state index contributed by atoms with van der Waals surface area (Å²) < 4.78 is 5.55. The van der Waals surface area contributed by atoms with Gasteiger partial charge in [0.1, 0.15) is 6.04 Å². The summed E-state index contributed by atoms with van der Waals surface area (Å²) in [6.45, 7) is 2.05. The number of hydrogen-bond acceptors (Lipinski definition) is 5. The average molecular weight is 628 g/mol. The molecule has 2 aliphatic heterocycles. The van der Waals surface area contributed by atoms with E-state index in [0.29, 0.717) is 49.2 Å². The largest absolute Gasteiger partial charge is 0.378 e. The first-order chi connectivity index (χ1) is 21.5. The summed E-state index contributed by atoms with van der Waals surface area (Å²) in [5.74, 6) is -1.71. The van der Waals surface area contributed by atoms with E-state index in [2.05, 4.69) is 5.32 Å². The molecule has 0 saturated carbocycles. The van der Waals surface area contributed by atoms with Crippen molar-refractivity contribution in [3.05, 3.63) is 129 Å². The maximum absolute atomic E-state index is 14.6. The number of likely N-dealkylation sites (tertiary alicyclic amines) is 1. The summed E-state index contributed by atoms with van der Waals surface area (Å²) >= 11 is 7.67. The molecule has 44 heavy (non-hydrogen) atoms. The Morgan fingerprint density at radius 3 is 2.18 bits per heavy atom. The van der Waals surface area contributed by atoms with E-state index in [0.717, 1.165) is 16.7 Å². The number of ether oxygens (including phenoxy) is 1. The minimum absolute atomic E-state index is 0.0897. The number of amides is 3. The van der Waals surface area contributed by atoms with Gasteiger partial charge in [0.05, 0.1) is 30.1 Å². The smallest absolute Gasteiger partial charge is 0.321 e. The van der Waals surface area contributed by atoms with Crippen LogP contribution >= 0.6 is 22.9 Å². The lowest BCUT2D eigenvalue weighted by atomic mass is 9.77. The summed E-state index contributed by atoms with van der Waals surface area (Å²) in [5, 5.41) is 5.56. The quantitative estimate of drug-likeness (QED) is 0.235. The monoisotopic (exact) mass is 627 g/mol. The van der Waals surface area contributed by atoms with E-state index in [1.54, 1.807) is 21.9 Å². The van der Waals surface area contributed by atoms with Crippen molar-refractivity contribution in [3.8, 4) is 0 Å². The fourth-order valence-corrected chi connectivity index (χ4v) is 7.26. The van der Waals surface area contributed by atoms with Gasteiger partial charge in [0.2, 0.25) is 5.91 Å². The molecular weight excluding hydrogens is 594 g/mol. The number of carbonyl (C=O) groups excluding carboxylic acids is 3. The third-order valence-electron chi connectivity index (χ3n) is 8.46. The maximum atomic E-state index is 14.6. The van der Waals surface area contributed by atoms with Crippen LogP contribution in [0.25, 0.3) is 0 Å². The molecule has 0 bridgehead atoms. The van der Waals surface area contributed by atoms with Gasteiger partial charge in [-0.2, -0.15) is 0 Å². The van der Waals surface area contributed by atoms with Crippen LogP contribution in [0.15, 0.2) is 102 Å². The van der Waals surface area contributed by atoms with E-state index in [4.69, 9.17) is 16.3 Å². The van der Waals surface area contributed by atoms with Gasteiger partial charge in [-0.05, 0) is 46.7 Å². The third-order valence-corrected chi connectivity index (χ3v) is 9.59. The predicted octanol–water partition coefficient (Wildman–Crippen LogP) is 6.22. The van der Waals surface area contributed by atoms with Crippen LogP contribution in [0.3, 0.4) is 0 Å². The van der Waals surface area contributed by atoms with E-state index in [1.807, 2.05) is 90.3 Å². The van der Waals surface area contributed by atoms with Crippen LogP contribution in [0.5, 0.6) is 0 Å². The van der Waals surface area contributed by atoms with E-state index in [9.17, 15) is 14.4 Å². The minimum Gasteiger partial charge on any atom is -0.378 e. The molecule has 0 spiro atoms. The summed E-state index contributed by atoms with van der Waals surface area (Å²) in [4.78, 5) is 47.5. The third kappa shape index (κ3) is 6.29. The van der Waals surface area contributed by atoms with E-state index < -0.39 is 23.9 Å². The van der Waals surface area contributed by atoms with Crippen molar-refractivity contribution in [2.45, 2.75) is 24.4 Å². The first-order valence-corrected chi connectivity index (χ1v) is 16.1. The Labute approximate surface area is 266 Å². The highest BCUT2D eigenvalue weighted by molar-refractivity contribution is 7.12. The van der Waals surface area contributed by atoms with Crippen LogP contribution in [-0.2, 0) is 16.0 Å². The molecular formula is C35H34ClN3O4S. The number of carbonyl (C=O) groups is 3. The summed E-state index contributed by atoms with van der Waals surface area (Å²) in [6, 6.07) is 28.6. The molecule has 3 aromatic carbocycles. The van der Waals surface area contributed by atoms with Crippen LogP contribution in [0, 0.1) is 5.92 Å². The molecule has 9 heteroatoms. The zero-order chi connectivity index (χ0) is 30.5. The van der Waals surface area contributed by atoms with Crippen LogP contribution in [0.1, 0.15) is 38.3 Å². The summed E-state index contributed by atoms with van der Waals surface area (Å²) in [7, 11) is 0. The average Bonchev–Trinajstić information content (AvgIpc) is 3.73. The second-order valence-corrected chi connectivity index (χ2v) is 12.4. The molecule has 3 amide bonds. The number of hydrogen-bond donors (Lipinski definition) is 1. The highest BCUT2D eigenvalue weighted by atomic mass is 35.5. The van der Waals surface area contributed by atoms with E-state index in [1.165, 1.54) is 11.3 Å². The first kappa shape index (κ1) is 30.1. The lowest BCUT2D eigenvalue weighted by Gasteiger charge is -2.37. The van der Waals surface area contributed by atoms with Gasteiger partial charge < -0.3 is 19.9 Å². The van der Waals surface area contributed by atoms with Gasteiger partial charge in [-0.25, -0.2) is 4.79 Å². The van der Waals surface area contributed by atoms with Gasteiger partial charge in [-0.15, -0.1) is 11.3 Å². The summed E-state index contributed by atoms with van der Waals surface area (Å²) in [5.41, 5.74) is 2.69. The second kappa shape index (κ2) is 13.8. The maximum Gasteiger partial charge on any atom is 0.321 e. The molecule has 2 aliphatic rings. The molecule has 4 atom stereocenters. The van der Waals surface area contributed by atoms with Crippen molar-refractivity contribution >= 4 is 40.7 Å². The van der Waals surface area contributed by atoms with Gasteiger partial charge in [0, 0.05) is 30.6 Å². The SMILES string of the molecule is O=C(c1cccs1)C1C(c2ccc(Cl)cc2)C(C(=O)NCCc2ccccc2)N(C(=O)N2CCOCC2)C1c1ccccc1. The number of benzene rings is 3. The lowest BCUT2D eigenvalue weighted by molar-refractivity contribution is -0.125. The molecule has 1 N–H and O–H groups in total. The number of Topliss-reactive ketones (excluding diaryl/α,β-unsaturated/α-hetero) is 1. The first-order valence-electron chi connectivity index (χ1n) is 14.9. The number of halogens is 1. The van der Waals surface area contributed by atoms with Gasteiger partial charge in [-0.1, -0.05) is 90.5 Å². The fourth-order valence-electron chi connectivity index (χ4n) is 6.42. The number of thiophene rings is 1. The molecule has 3 heterocycles. The van der Waals surface area contributed by atoms with Crippen molar-refractivity contribution in [2.24, 2.45) is 5.92 Å². The molecule has 6 rings (SSSR count). The standard InChI is InChI=1S/C35H34ClN3O4S/c36-27-15-13-25(14-16-27)29-30(33(40)28-12-7-23-44-28)31(26-10-5-2-6-11-26)39(35(42)38-19-21-43-22-20-38)32(29)34(41)37-18-17-24-8-3-1-4-9-24/h1-16,23,29-32H,17-22H2,(H,37,41). The molecule has 4 aromatic rings. The van der Waals surface area contributed by atoms with Crippen LogP contribution in [0.4, 0.5) is 4.79 Å². The van der Waals surface area contributed by atoms with E-state index >= 15 is 0 Å². The van der Waals surface area contributed by atoms with Crippen molar-refractivity contribution < 1.29 is 19.1 Å². The number of ketones is 1. The summed E-state index contributed by atoms with van der Waals surface area (Å²) in [6.07, 6.45) is 0.641. The number of rotatable bonds is 8. The number of morpholine rings is 1. The normalized spacial score (nSPS) is 21.7. The number of nitrogens with zero attached hydrogens (tertiary/aromatic N) is 2. The molecule has 2 saturated heterocycles. The zero-order valence-electron chi connectivity index (χ0n) is 24.2. The Kier molecular flexibility index (Phi) is 9.40. The fraction of sp³-hybridized carbons (Fsp3) is 0.286. The Bertz CT molecular complexity index is 1560. The van der Waals surface area contributed by atoms with Gasteiger partial charge >= 0.3 is 6.03 Å². The van der Waals surface area contributed by atoms with E-state index in [-0.39, 0.29) is 17.7 Å². The highest BCUT2D eigenvalue weighted by Gasteiger charge is 2.58. The Balaban J connectivity index is 1.47. The Morgan fingerprint density at radius 2 is 1.52 bits per heavy atom. The Hall–Kier alpha value is -3.98. The van der Waals surface area contributed by atoms with Crippen molar-refractivity contribution in [3.63, 3.8) is 0 Å². The van der Waals surface area contributed by atoms with Crippen LogP contribution in [-0.4, -0.2) is 66.4 Å². The molecule has 7 nitrogen and oxygen atoms in total. The van der Waals surface area contributed by atoms with Gasteiger partial charge in [-0.3, -0.25) is 9.59 Å². The van der Waals surface area contributed by atoms with Crippen molar-refractivity contribution in [1.29, 1.82) is 0 Å².